The number of aliphatic hydroxyl groups excluding tert-OH is 1. The lowest BCUT2D eigenvalue weighted by atomic mass is 10.1. The van der Waals surface area contributed by atoms with Crippen LogP contribution in [0.2, 0.25) is 0 Å². The van der Waals surface area contributed by atoms with Crippen molar-refractivity contribution in [1.29, 1.82) is 0 Å². The topological polar surface area (TPSA) is 67.2 Å². The van der Waals surface area contributed by atoms with E-state index in [1.807, 2.05) is 67.6 Å². The molecule has 26 heavy (non-hydrogen) atoms. The molecule has 0 spiro atoms. The van der Waals surface area contributed by atoms with E-state index < -0.39 is 0 Å². The zero-order chi connectivity index (χ0) is 18.4. The Morgan fingerprint density at radius 2 is 1.77 bits per heavy atom. The number of aliphatic hydroxyl groups is 1. The zero-order valence-corrected chi connectivity index (χ0v) is 14.8. The van der Waals surface area contributed by atoms with Crippen LogP contribution in [0.4, 0.5) is 0 Å². The minimum absolute atomic E-state index is 0.0125. The molecule has 0 bridgehead atoms. The number of rotatable bonds is 7. The summed E-state index contributed by atoms with van der Waals surface area (Å²) in [5, 5.41) is 16.7. The van der Waals surface area contributed by atoms with Crippen LogP contribution in [0.25, 0.3) is 11.3 Å². The van der Waals surface area contributed by atoms with Crippen LogP contribution in [0.15, 0.2) is 66.9 Å². The molecule has 2 N–H and O–H groups in total. The van der Waals surface area contributed by atoms with Crippen LogP contribution in [0.5, 0.6) is 0 Å². The molecule has 0 saturated heterocycles. The number of amides is 1. The van der Waals surface area contributed by atoms with Crippen LogP contribution in [0.1, 0.15) is 22.8 Å². The SMILES string of the molecule is CC(CO)CNC(=O)c1cn(Cc2ccccc2)nc1-c1ccccc1. The van der Waals surface area contributed by atoms with Crippen LogP contribution >= 0.6 is 0 Å². The maximum absolute atomic E-state index is 12.7. The van der Waals surface area contributed by atoms with Gasteiger partial charge in [0.25, 0.3) is 5.91 Å². The van der Waals surface area contributed by atoms with Gasteiger partial charge in [0.05, 0.1) is 12.1 Å². The molecular weight excluding hydrogens is 326 g/mol. The average molecular weight is 349 g/mol. The Balaban J connectivity index is 1.89. The number of carbonyl (C=O) groups is 1. The molecule has 0 saturated carbocycles. The van der Waals surface area contributed by atoms with Gasteiger partial charge in [0.1, 0.15) is 5.69 Å². The number of hydrogen-bond acceptors (Lipinski definition) is 3. The molecule has 0 radical (unpaired) electrons. The predicted molar refractivity (Wildman–Crippen MR) is 102 cm³/mol. The molecule has 1 heterocycles. The minimum Gasteiger partial charge on any atom is -0.396 e. The van der Waals surface area contributed by atoms with Crippen molar-refractivity contribution in [3.05, 3.63) is 78.0 Å². The first-order valence-electron chi connectivity index (χ1n) is 8.73. The molecule has 2 aromatic carbocycles. The number of carbonyl (C=O) groups excluding carboxylic acids is 1. The van der Waals surface area contributed by atoms with E-state index in [9.17, 15) is 4.79 Å². The standard InChI is InChI=1S/C21H23N3O2/c1-16(15-25)12-22-21(26)19-14-24(13-17-8-4-2-5-9-17)23-20(19)18-10-6-3-7-11-18/h2-11,14,16,25H,12-13,15H2,1H3,(H,22,26). The first-order valence-corrected chi connectivity index (χ1v) is 8.73. The fraction of sp³-hybridized carbons (Fsp3) is 0.238. The van der Waals surface area contributed by atoms with Gasteiger partial charge >= 0.3 is 0 Å². The Kier molecular flexibility index (Phi) is 5.81. The normalized spacial score (nSPS) is 11.9. The molecule has 5 heteroatoms. The van der Waals surface area contributed by atoms with Crippen LogP contribution in [-0.2, 0) is 6.54 Å². The third kappa shape index (κ3) is 4.37. The predicted octanol–water partition coefficient (Wildman–Crippen LogP) is 2.96. The number of aromatic nitrogens is 2. The van der Waals surface area contributed by atoms with Crippen LogP contribution < -0.4 is 5.32 Å². The Hall–Kier alpha value is -2.92. The Labute approximate surface area is 153 Å². The second-order valence-electron chi connectivity index (χ2n) is 6.44. The highest BCUT2D eigenvalue weighted by Gasteiger charge is 2.18. The molecule has 1 unspecified atom stereocenters. The Morgan fingerprint density at radius 1 is 1.12 bits per heavy atom. The average Bonchev–Trinajstić information content (AvgIpc) is 3.11. The molecule has 0 aliphatic carbocycles. The van der Waals surface area contributed by atoms with Gasteiger partial charge in [-0.2, -0.15) is 5.10 Å². The second kappa shape index (κ2) is 8.45. The van der Waals surface area contributed by atoms with E-state index in [-0.39, 0.29) is 18.4 Å². The van der Waals surface area contributed by atoms with Crippen LogP contribution in [0, 0.1) is 5.92 Å². The number of hydrogen-bond donors (Lipinski definition) is 2. The van der Waals surface area contributed by atoms with Gasteiger partial charge in [0.2, 0.25) is 0 Å². The van der Waals surface area contributed by atoms with E-state index in [1.165, 1.54) is 0 Å². The number of nitrogens with zero attached hydrogens (tertiary/aromatic N) is 2. The first-order chi connectivity index (χ1) is 12.7. The molecule has 0 aliphatic heterocycles. The zero-order valence-electron chi connectivity index (χ0n) is 14.8. The lowest BCUT2D eigenvalue weighted by Crippen LogP contribution is -2.29. The monoisotopic (exact) mass is 349 g/mol. The molecule has 1 atom stereocenters. The summed E-state index contributed by atoms with van der Waals surface area (Å²) in [6.07, 6.45) is 1.79. The Bertz CT molecular complexity index is 844. The van der Waals surface area contributed by atoms with E-state index in [4.69, 9.17) is 5.11 Å². The van der Waals surface area contributed by atoms with E-state index in [2.05, 4.69) is 10.4 Å². The van der Waals surface area contributed by atoms with E-state index in [1.54, 1.807) is 10.9 Å². The number of nitrogens with one attached hydrogen (secondary N) is 1. The van der Waals surface area contributed by atoms with E-state index >= 15 is 0 Å². The maximum Gasteiger partial charge on any atom is 0.255 e. The van der Waals surface area contributed by atoms with Crippen LogP contribution in [-0.4, -0.2) is 33.9 Å². The van der Waals surface area contributed by atoms with Gasteiger partial charge in [-0.05, 0) is 11.5 Å². The minimum atomic E-state index is -0.177. The van der Waals surface area contributed by atoms with Gasteiger partial charge < -0.3 is 10.4 Å². The highest BCUT2D eigenvalue weighted by Crippen LogP contribution is 2.22. The summed E-state index contributed by atoms with van der Waals surface area (Å²) in [6, 6.07) is 19.7. The first kappa shape index (κ1) is 17.9. The largest absolute Gasteiger partial charge is 0.396 e. The summed E-state index contributed by atoms with van der Waals surface area (Å²) in [5.74, 6) is -0.165. The van der Waals surface area contributed by atoms with E-state index in [0.29, 0.717) is 24.3 Å². The van der Waals surface area contributed by atoms with Crippen molar-refractivity contribution in [2.75, 3.05) is 13.2 Å². The van der Waals surface area contributed by atoms with Crippen molar-refractivity contribution < 1.29 is 9.90 Å². The van der Waals surface area contributed by atoms with Gasteiger partial charge in [-0.15, -0.1) is 0 Å². The maximum atomic E-state index is 12.7. The molecule has 5 nitrogen and oxygen atoms in total. The van der Waals surface area contributed by atoms with Crippen LogP contribution in [0.3, 0.4) is 0 Å². The summed E-state index contributed by atoms with van der Waals surface area (Å²) < 4.78 is 1.79. The fourth-order valence-corrected chi connectivity index (χ4v) is 2.67. The summed E-state index contributed by atoms with van der Waals surface area (Å²) in [7, 11) is 0. The highest BCUT2D eigenvalue weighted by atomic mass is 16.3. The molecule has 134 valence electrons. The Morgan fingerprint density at radius 3 is 2.42 bits per heavy atom. The van der Waals surface area contributed by atoms with Crippen molar-refractivity contribution >= 4 is 5.91 Å². The summed E-state index contributed by atoms with van der Waals surface area (Å²) in [6.45, 7) is 2.95. The van der Waals surface area contributed by atoms with Gasteiger partial charge in [0.15, 0.2) is 0 Å². The van der Waals surface area contributed by atoms with Gasteiger partial charge in [-0.1, -0.05) is 67.6 Å². The van der Waals surface area contributed by atoms with Crippen molar-refractivity contribution in [3.8, 4) is 11.3 Å². The lowest BCUT2D eigenvalue weighted by Gasteiger charge is -2.09. The van der Waals surface area contributed by atoms with Gasteiger partial charge in [0, 0.05) is 24.9 Å². The highest BCUT2D eigenvalue weighted by molar-refractivity contribution is 5.99. The molecule has 0 aliphatic rings. The van der Waals surface area contributed by atoms with E-state index in [0.717, 1.165) is 11.1 Å². The molecule has 1 amide bonds. The molecular formula is C21H23N3O2. The molecule has 3 rings (SSSR count). The van der Waals surface area contributed by atoms with Gasteiger partial charge in [-0.25, -0.2) is 0 Å². The molecule has 3 aromatic rings. The van der Waals surface area contributed by atoms with Gasteiger partial charge in [-0.3, -0.25) is 9.48 Å². The third-order valence-electron chi connectivity index (χ3n) is 4.16. The second-order valence-corrected chi connectivity index (χ2v) is 6.44. The smallest absolute Gasteiger partial charge is 0.255 e. The van der Waals surface area contributed by atoms with Crippen molar-refractivity contribution in [2.45, 2.75) is 13.5 Å². The molecule has 0 fully saturated rings. The van der Waals surface area contributed by atoms with Crippen molar-refractivity contribution in [1.82, 2.24) is 15.1 Å². The fourth-order valence-electron chi connectivity index (χ4n) is 2.67. The van der Waals surface area contributed by atoms with Crippen molar-refractivity contribution in [3.63, 3.8) is 0 Å². The quantitative estimate of drug-likeness (QED) is 0.689. The van der Waals surface area contributed by atoms with Crippen molar-refractivity contribution in [2.24, 2.45) is 5.92 Å². The summed E-state index contributed by atoms with van der Waals surface area (Å²) >= 11 is 0. The summed E-state index contributed by atoms with van der Waals surface area (Å²) in [4.78, 5) is 12.7. The summed E-state index contributed by atoms with van der Waals surface area (Å²) in [5.41, 5.74) is 3.23. The number of benzene rings is 2. The third-order valence-corrected chi connectivity index (χ3v) is 4.16. The molecule has 1 aromatic heterocycles. The lowest BCUT2D eigenvalue weighted by molar-refractivity contribution is 0.0943.